The number of allylic oxidation sites excluding steroid dienone is 2. The first kappa shape index (κ1) is 14.4. The van der Waals surface area contributed by atoms with E-state index in [1.54, 1.807) is 0 Å². The average Bonchev–Trinajstić information content (AvgIpc) is 3.17. The summed E-state index contributed by atoms with van der Waals surface area (Å²) >= 11 is 3.14. The molecule has 118 valence electrons. The van der Waals surface area contributed by atoms with Gasteiger partial charge in [0, 0.05) is 11.6 Å². The summed E-state index contributed by atoms with van der Waals surface area (Å²) < 4.78 is 0.384. The van der Waals surface area contributed by atoms with Crippen LogP contribution in [0.2, 0.25) is 0 Å². The van der Waals surface area contributed by atoms with Crippen molar-refractivity contribution in [3.63, 3.8) is 0 Å². The Hall–Kier alpha value is -2.15. The SMILES string of the molecule is O=C1[C@@H]2[C@@H](C(=O)N1/N=C/c1cc(Br)c(O)cc1O)[C@H]1C=C[C@H]2C1. The van der Waals surface area contributed by atoms with E-state index >= 15 is 0 Å². The summed E-state index contributed by atoms with van der Waals surface area (Å²) in [5.74, 6) is -1.16. The van der Waals surface area contributed by atoms with Gasteiger partial charge in [-0.3, -0.25) is 9.59 Å². The van der Waals surface area contributed by atoms with Gasteiger partial charge in [-0.25, -0.2) is 0 Å². The highest BCUT2D eigenvalue weighted by molar-refractivity contribution is 9.10. The summed E-state index contributed by atoms with van der Waals surface area (Å²) in [6.45, 7) is 0. The molecule has 0 aromatic heterocycles. The Balaban J connectivity index is 1.62. The zero-order chi connectivity index (χ0) is 16.3. The van der Waals surface area contributed by atoms with Crippen molar-refractivity contribution in [2.45, 2.75) is 6.42 Å². The maximum Gasteiger partial charge on any atom is 0.254 e. The number of phenols is 2. The maximum absolute atomic E-state index is 12.5. The first-order valence-electron chi connectivity index (χ1n) is 7.29. The van der Waals surface area contributed by atoms with Crippen molar-refractivity contribution in [3.8, 4) is 11.5 Å². The van der Waals surface area contributed by atoms with E-state index in [1.165, 1.54) is 12.3 Å². The highest BCUT2D eigenvalue weighted by atomic mass is 79.9. The Labute approximate surface area is 140 Å². The predicted molar refractivity (Wildman–Crippen MR) is 84.6 cm³/mol. The molecule has 2 aliphatic carbocycles. The number of carbonyl (C=O) groups excluding carboxylic acids is 2. The van der Waals surface area contributed by atoms with Crippen LogP contribution in [-0.2, 0) is 9.59 Å². The van der Waals surface area contributed by atoms with Gasteiger partial charge in [-0.05, 0) is 40.3 Å². The summed E-state index contributed by atoms with van der Waals surface area (Å²) in [7, 11) is 0. The third-order valence-corrected chi connectivity index (χ3v) is 5.49. The monoisotopic (exact) mass is 376 g/mol. The summed E-state index contributed by atoms with van der Waals surface area (Å²) in [5.41, 5.74) is 0.299. The van der Waals surface area contributed by atoms with Crippen molar-refractivity contribution in [1.29, 1.82) is 0 Å². The Morgan fingerprint density at radius 2 is 1.70 bits per heavy atom. The average molecular weight is 377 g/mol. The van der Waals surface area contributed by atoms with Gasteiger partial charge < -0.3 is 10.2 Å². The molecule has 0 radical (unpaired) electrons. The van der Waals surface area contributed by atoms with Gasteiger partial charge in [0.2, 0.25) is 0 Å². The van der Waals surface area contributed by atoms with E-state index in [-0.39, 0.29) is 47.0 Å². The minimum absolute atomic E-state index is 0.106. The lowest BCUT2D eigenvalue weighted by Crippen LogP contribution is -2.28. The largest absolute Gasteiger partial charge is 0.507 e. The van der Waals surface area contributed by atoms with E-state index in [0.717, 1.165) is 17.5 Å². The molecule has 1 heterocycles. The van der Waals surface area contributed by atoms with E-state index in [2.05, 4.69) is 21.0 Å². The molecule has 0 unspecified atom stereocenters. The number of carbonyl (C=O) groups is 2. The standard InChI is InChI=1S/C16H13BrN2O4/c17-10-4-9(11(20)5-12(10)21)6-18-19-15(22)13-7-1-2-8(3-7)14(13)16(19)23/h1-2,4-8,13-14,20-21H,3H2/b18-6+/t7-,8-,13-,14-/m0/s1. The number of halogens is 1. The molecule has 3 aliphatic rings. The van der Waals surface area contributed by atoms with E-state index in [4.69, 9.17) is 0 Å². The van der Waals surface area contributed by atoms with Gasteiger partial charge >= 0.3 is 0 Å². The Morgan fingerprint density at radius 1 is 1.09 bits per heavy atom. The molecule has 0 spiro atoms. The molecule has 1 aromatic rings. The summed E-state index contributed by atoms with van der Waals surface area (Å²) in [6.07, 6.45) is 6.17. The number of rotatable bonds is 2. The summed E-state index contributed by atoms with van der Waals surface area (Å²) in [4.78, 5) is 24.9. The minimum atomic E-state index is -0.296. The van der Waals surface area contributed by atoms with Crippen molar-refractivity contribution < 1.29 is 19.8 Å². The number of phenolic OH excluding ortho intramolecular Hbond substituents is 2. The number of fused-ring (bicyclic) bond motifs is 5. The van der Waals surface area contributed by atoms with Crippen LogP contribution in [0.25, 0.3) is 0 Å². The third kappa shape index (κ3) is 2.03. The third-order valence-electron chi connectivity index (χ3n) is 4.86. The number of hydrazone groups is 1. The predicted octanol–water partition coefficient (Wildman–Crippen LogP) is 2.00. The molecule has 2 bridgehead atoms. The molecule has 1 aliphatic heterocycles. The van der Waals surface area contributed by atoms with Gasteiger partial charge in [0.25, 0.3) is 11.8 Å². The minimum Gasteiger partial charge on any atom is -0.507 e. The molecule has 6 nitrogen and oxygen atoms in total. The Kier molecular flexibility index (Phi) is 3.09. The first-order chi connectivity index (χ1) is 11.0. The zero-order valence-electron chi connectivity index (χ0n) is 11.9. The molecule has 2 amide bonds. The number of aromatic hydroxyl groups is 2. The lowest BCUT2D eigenvalue weighted by atomic mass is 9.85. The highest BCUT2D eigenvalue weighted by Crippen LogP contribution is 2.52. The van der Waals surface area contributed by atoms with Crippen molar-refractivity contribution in [3.05, 3.63) is 34.3 Å². The molecule has 23 heavy (non-hydrogen) atoms. The van der Waals surface area contributed by atoms with Crippen LogP contribution in [0.15, 0.2) is 33.9 Å². The number of benzene rings is 1. The number of hydrogen-bond donors (Lipinski definition) is 2. The second kappa shape index (κ2) is 4.92. The lowest BCUT2D eigenvalue weighted by molar-refractivity contribution is -0.140. The topological polar surface area (TPSA) is 90.2 Å². The first-order valence-corrected chi connectivity index (χ1v) is 8.08. The zero-order valence-corrected chi connectivity index (χ0v) is 13.5. The number of hydrogen-bond acceptors (Lipinski definition) is 5. The van der Waals surface area contributed by atoms with E-state index in [9.17, 15) is 19.8 Å². The van der Waals surface area contributed by atoms with Crippen LogP contribution >= 0.6 is 15.9 Å². The molecule has 4 rings (SSSR count). The molecule has 2 N–H and O–H groups in total. The molecular weight excluding hydrogens is 364 g/mol. The van der Waals surface area contributed by atoms with Crippen LogP contribution in [0.4, 0.5) is 0 Å². The summed E-state index contributed by atoms with van der Waals surface area (Å²) in [5, 5.41) is 24.2. The van der Waals surface area contributed by atoms with Crippen molar-refractivity contribution in [1.82, 2.24) is 5.01 Å². The number of imide groups is 1. The smallest absolute Gasteiger partial charge is 0.254 e. The Bertz CT molecular complexity index is 759. The van der Waals surface area contributed by atoms with Gasteiger partial charge in [-0.2, -0.15) is 10.1 Å². The van der Waals surface area contributed by atoms with E-state index < -0.39 is 0 Å². The van der Waals surface area contributed by atoms with Gasteiger partial charge in [-0.1, -0.05) is 12.2 Å². The fourth-order valence-corrected chi connectivity index (χ4v) is 4.15. The second-order valence-electron chi connectivity index (χ2n) is 6.10. The van der Waals surface area contributed by atoms with Gasteiger partial charge in [0.1, 0.15) is 11.5 Å². The fraction of sp³-hybridized carbons (Fsp3) is 0.312. The fourth-order valence-electron chi connectivity index (χ4n) is 3.79. The van der Waals surface area contributed by atoms with Crippen LogP contribution in [0.5, 0.6) is 11.5 Å². The quantitative estimate of drug-likeness (QED) is 0.469. The highest BCUT2D eigenvalue weighted by Gasteiger charge is 2.59. The van der Waals surface area contributed by atoms with Crippen LogP contribution in [-0.4, -0.2) is 33.3 Å². The van der Waals surface area contributed by atoms with Crippen LogP contribution in [0.3, 0.4) is 0 Å². The van der Waals surface area contributed by atoms with Gasteiger partial charge in [0.15, 0.2) is 0 Å². The van der Waals surface area contributed by atoms with Gasteiger partial charge in [0.05, 0.1) is 22.5 Å². The van der Waals surface area contributed by atoms with Crippen LogP contribution < -0.4 is 0 Å². The molecule has 4 atom stereocenters. The van der Waals surface area contributed by atoms with Crippen LogP contribution in [0.1, 0.15) is 12.0 Å². The van der Waals surface area contributed by atoms with Crippen molar-refractivity contribution >= 4 is 34.0 Å². The van der Waals surface area contributed by atoms with Gasteiger partial charge in [-0.15, -0.1) is 0 Å². The van der Waals surface area contributed by atoms with Crippen molar-refractivity contribution in [2.24, 2.45) is 28.8 Å². The molecular formula is C16H13BrN2O4. The van der Waals surface area contributed by atoms with Crippen LogP contribution in [0, 0.1) is 23.7 Å². The maximum atomic E-state index is 12.5. The molecule has 1 aromatic carbocycles. The molecule has 7 heteroatoms. The Morgan fingerprint density at radius 3 is 2.30 bits per heavy atom. The second-order valence-corrected chi connectivity index (χ2v) is 6.95. The summed E-state index contributed by atoms with van der Waals surface area (Å²) in [6, 6.07) is 2.63. The number of amides is 2. The van der Waals surface area contributed by atoms with E-state index in [1.807, 2.05) is 12.2 Å². The molecule has 1 saturated carbocycles. The number of nitrogens with zero attached hydrogens (tertiary/aromatic N) is 2. The lowest BCUT2D eigenvalue weighted by Gasteiger charge is -2.13. The molecule has 2 fully saturated rings. The molecule has 1 saturated heterocycles. The normalized spacial score (nSPS) is 31.6. The van der Waals surface area contributed by atoms with E-state index in [0.29, 0.717) is 10.0 Å². The van der Waals surface area contributed by atoms with Crippen molar-refractivity contribution in [2.75, 3.05) is 0 Å².